The molecule has 12 heavy (non-hydrogen) atoms. The third-order valence-corrected chi connectivity index (χ3v) is 1.84. The minimum atomic E-state index is 0.727. The van der Waals surface area contributed by atoms with Crippen molar-refractivity contribution in [3.8, 4) is 0 Å². The highest BCUT2D eigenvalue weighted by Gasteiger charge is 2.01. The van der Waals surface area contributed by atoms with Crippen LogP contribution in [0.2, 0.25) is 0 Å². The molecule has 0 atom stereocenters. The summed E-state index contributed by atoms with van der Waals surface area (Å²) < 4.78 is 1.84. The lowest BCUT2D eigenvalue weighted by Gasteiger charge is -1.95. The maximum atomic E-state index is 5.60. The van der Waals surface area contributed by atoms with Crippen molar-refractivity contribution in [2.75, 3.05) is 5.73 Å². The topological polar surface area (TPSA) is 56.7 Å². The minimum Gasteiger partial charge on any atom is -0.399 e. The van der Waals surface area contributed by atoms with Gasteiger partial charge in [-0.3, -0.25) is 0 Å². The average Bonchev–Trinajstić information content (AvgIpc) is 2.46. The minimum absolute atomic E-state index is 0.727. The van der Waals surface area contributed by atoms with Gasteiger partial charge in [0.15, 0.2) is 0 Å². The molecule has 0 spiro atoms. The molecule has 0 aliphatic carbocycles. The zero-order valence-electron chi connectivity index (χ0n) is 6.86. The van der Waals surface area contributed by atoms with Gasteiger partial charge < -0.3 is 5.73 Å². The molecule has 1 heterocycles. The summed E-state index contributed by atoms with van der Waals surface area (Å²) in [7, 11) is 0. The molecule has 0 aliphatic rings. The Morgan fingerprint density at radius 1 is 1.50 bits per heavy atom. The van der Waals surface area contributed by atoms with Crippen LogP contribution in [0.15, 0.2) is 18.2 Å². The van der Waals surface area contributed by atoms with Crippen molar-refractivity contribution in [3.05, 3.63) is 18.2 Å². The van der Waals surface area contributed by atoms with Gasteiger partial charge in [-0.05, 0) is 25.1 Å². The van der Waals surface area contributed by atoms with E-state index < -0.39 is 0 Å². The van der Waals surface area contributed by atoms with Gasteiger partial charge in [-0.2, -0.15) is 0 Å². The van der Waals surface area contributed by atoms with Crippen LogP contribution in [-0.2, 0) is 6.54 Å². The molecule has 0 aliphatic heterocycles. The van der Waals surface area contributed by atoms with Gasteiger partial charge in [-0.1, -0.05) is 5.21 Å². The van der Waals surface area contributed by atoms with E-state index in [4.69, 9.17) is 5.73 Å². The van der Waals surface area contributed by atoms with Crippen LogP contribution in [0.4, 0.5) is 5.69 Å². The zero-order valence-corrected chi connectivity index (χ0v) is 6.86. The summed E-state index contributed by atoms with van der Waals surface area (Å²) in [6, 6.07) is 5.63. The lowest BCUT2D eigenvalue weighted by molar-refractivity contribution is 0.646. The average molecular weight is 162 g/mol. The third-order valence-electron chi connectivity index (χ3n) is 1.84. The number of rotatable bonds is 1. The Bertz CT molecular complexity index is 404. The predicted molar refractivity (Wildman–Crippen MR) is 47.6 cm³/mol. The van der Waals surface area contributed by atoms with E-state index in [9.17, 15) is 0 Å². The smallest absolute Gasteiger partial charge is 0.115 e. The zero-order chi connectivity index (χ0) is 8.55. The number of hydrogen-bond donors (Lipinski definition) is 1. The largest absolute Gasteiger partial charge is 0.399 e. The van der Waals surface area contributed by atoms with Crippen molar-refractivity contribution in [1.82, 2.24) is 15.0 Å². The Balaban J connectivity index is 2.73. The number of anilines is 1. The molecule has 0 unspecified atom stereocenters. The van der Waals surface area contributed by atoms with Crippen LogP contribution in [0, 0.1) is 0 Å². The number of hydrogen-bond acceptors (Lipinski definition) is 3. The molecule has 0 saturated carbocycles. The highest BCUT2D eigenvalue weighted by Crippen LogP contribution is 2.13. The Morgan fingerprint density at radius 2 is 2.33 bits per heavy atom. The second-order valence-electron chi connectivity index (χ2n) is 2.65. The van der Waals surface area contributed by atoms with E-state index >= 15 is 0 Å². The predicted octanol–water partition coefficient (Wildman–Crippen LogP) is 1.03. The van der Waals surface area contributed by atoms with Crippen LogP contribution < -0.4 is 5.73 Å². The lowest BCUT2D eigenvalue weighted by Crippen LogP contribution is -1.95. The Labute approximate surface area is 70.0 Å². The number of aromatic nitrogens is 3. The van der Waals surface area contributed by atoms with Crippen molar-refractivity contribution in [1.29, 1.82) is 0 Å². The second kappa shape index (κ2) is 2.48. The number of nitrogens with two attached hydrogens (primary N) is 1. The molecule has 1 aromatic carbocycles. The summed E-state index contributed by atoms with van der Waals surface area (Å²) in [6.45, 7) is 2.87. The number of fused-ring (bicyclic) bond motifs is 1. The number of benzene rings is 1. The first-order valence-electron chi connectivity index (χ1n) is 3.90. The van der Waals surface area contributed by atoms with Crippen molar-refractivity contribution in [2.24, 2.45) is 0 Å². The Kier molecular flexibility index (Phi) is 1.46. The highest BCUT2D eigenvalue weighted by molar-refractivity contribution is 5.77. The van der Waals surface area contributed by atoms with Gasteiger partial charge >= 0.3 is 0 Å². The van der Waals surface area contributed by atoms with E-state index in [1.165, 1.54) is 0 Å². The van der Waals surface area contributed by atoms with E-state index in [-0.39, 0.29) is 0 Å². The third kappa shape index (κ3) is 0.922. The standard InChI is InChI=1S/C8H10N4/c1-2-12-8-4-3-6(9)5-7(8)10-11-12/h3-5H,2,9H2,1H3. The van der Waals surface area contributed by atoms with Gasteiger partial charge in [0, 0.05) is 12.2 Å². The Morgan fingerprint density at radius 3 is 3.08 bits per heavy atom. The van der Waals surface area contributed by atoms with Crippen LogP contribution >= 0.6 is 0 Å². The molecule has 0 amide bonds. The van der Waals surface area contributed by atoms with Gasteiger partial charge in [-0.15, -0.1) is 5.10 Å². The van der Waals surface area contributed by atoms with Crippen molar-refractivity contribution < 1.29 is 0 Å². The van der Waals surface area contributed by atoms with Crippen LogP contribution in [0.5, 0.6) is 0 Å². The van der Waals surface area contributed by atoms with Gasteiger partial charge in [0.05, 0.1) is 5.52 Å². The van der Waals surface area contributed by atoms with Crippen molar-refractivity contribution in [3.63, 3.8) is 0 Å². The molecule has 0 radical (unpaired) electrons. The molecule has 0 bridgehead atoms. The van der Waals surface area contributed by atoms with Crippen LogP contribution in [0.3, 0.4) is 0 Å². The van der Waals surface area contributed by atoms with E-state index in [1.54, 1.807) is 0 Å². The first-order valence-corrected chi connectivity index (χ1v) is 3.90. The molecule has 0 fully saturated rings. The SMILES string of the molecule is CCn1nnc2cc(N)ccc21. The van der Waals surface area contributed by atoms with Crippen molar-refractivity contribution in [2.45, 2.75) is 13.5 Å². The first kappa shape index (κ1) is 7.09. The highest BCUT2D eigenvalue weighted by atomic mass is 15.4. The normalized spacial score (nSPS) is 10.8. The molecule has 4 nitrogen and oxygen atoms in total. The second-order valence-corrected chi connectivity index (χ2v) is 2.65. The van der Waals surface area contributed by atoms with Gasteiger partial charge in [0.2, 0.25) is 0 Å². The fourth-order valence-corrected chi connectivity index (χ4v) is 1.22. The van der Waals surface area contributed by atoms with Gasteiger partial charge in [0.1, 0.15) is 5.52 Å². The summed E-state index contributed by atoms with van der Waals surface area (Å²) in [6.07, 6.45) is 0. The van der Waals surface area contributed by atoms with E-state index in [0.29, 0.717) is 0 Å². The fourth-order valence-electron chi connectivity index (χ4n) is 1.22. The monoisotopic (exact) mass is 162 g/mol. The van der Waals surface area contributed by atoms with E-state index in [1.807, 2.05) is 29.8 Å². The molecule has 2 aromatic rings. The molecule has 2 N–H and O–H groups in total. The summed E-state index contributed by atoms with van der Waals surface area (Å²) in [5, 5.41) is 7.95. The fraction of sp³-hybridized carbons (Fsp3) is 0.250. The van der Waals surface area contributed by atoms with Crippen LogP contribution in [-0.4, -0.2) is 15.0 Å². The van der Waals surface area contributed by atoms with Crippen molar-refractivity contribution >= 4 is 16.7 Å². The maximum absolute atomic E-state index is 5.60. The van der Waals surface area contributed by atoms with E-state index in [0.717, 1.165) is 23.3 Å². The summed E-state index contributed by atoms with van der Waals surface area (Å²) >= 11 is 0. The summed E-state index contributed by atoms with van der Waals surface area (Å²) in [5.41, 5.74) is 8.22. The molecule has 0 saturated heterocycles. The van der Waals surface area contributed by atoms with Crippen LogP contribution in [0.1, 0.15) is 6.92 Å². The number of nitrogens with zero attached hydrogens (tertiary/aromatic N) is 3. The maximum Gasteiger partial charge on any atom is 0.115 e. The molecule has 1 aromatic heterocycles. The Hall–Kier alpha value is -1.58. The van der Waals surface area contributed by atoms with Crippen LogP contribution in [0.25, 0.3) is 11.0 Å². The summed E-state index contributed by atoms with van der Waals surface area (Å²) in [5.74, 6) is 0. The number of nitrogen functional groups attached to an aromatic ring is 1. The molecular weight excluding hydrogens is 152 g/mol. The first-order chi connectivity index (χ1) is 5.81. The van der Waals surface area contributed by atoms with E-state index in [2.05, 4.69) is 10.3 Å². The number of aryl methyl sites for hydroxylation is 1. The molecule has 4 heteroatoms. The van der Waals surface area contributed by atoms with Gasteiger partial charge in [-0.25, -0.2) is 4.68 Å². The van der Waals surface area contributed by atoms with Gasteiger partial charge in [0.25, 0.3) is 0 Å². The molecular formula is C8H10N4. The lowest BCUT2D eigenvalue weighted by atomic mass is 10.3. The summed E-state index contributed by atoms with van der Waals surface area (Å²) in [4.78, 5) is 0. The molecule has 62 valence electrons. The molecule has 2 rings (SSSR count). The quantitative estimate of drug-likeness (QED) is 0.637.